The van der Waals surface area contributed by atoms with E-state index in [2.05, 4.69) is 9.97 Å². The van der Waals surface area contributed by atoms with Gasteiger partial charge in [0, 0.05) is 19.3 Å². The van der Waals surface area contributed by atoms with Crippen molar-refractivity contribution in [3.05, 3.63) is 59.2 Å². The van der Waals surface area contributed by atoms with Crippen molar-refractivity contribution in [1.29, 1.82) is 0 Å². The van der Waals surface area contributed by atoms with E-state index in [9.17, 15) is 14.7 Å². The summed E-state index contributed by atoms with van der Waals surface area (Å²) in [5.74, 6) is -1.78. The molecule has 0 saturated heterocycles. The number of benzene rings is 1. The van der Waals surface area contributed by atoms with Crippen LogP contribution in [0.2, 0.25) is 0 Å². The van der Waals surface area contributed by atoms with Crippen molar-refractivity contribution < 1.29 is 14.7 Å². The fourth-order valence-electron chi connectivity index (χ4n) is 3.11. The summed E-state index contributed by atoms with van der Waals surface area (Å²) in [6.45, 7) is 4.47. The van der Waals surface area contributed by atoms with Gasteiger partial charge in [-0.05, 0) is 17.0 Å². The summed E-state index contributed by atoms with van der Waals surface area (Å²) in [5.41, 5.74) is 2.77. The van der Waals surface area contributed by atoms with Gasteiger partial charge < -0.3 is 10.0 Å². The Morgan fingerprint density at radius 2 is 2.04 bits per heavy atom. The Balaban J connectivity index is 1.97. The summed E-state index contributed by atoms with van der Waals surface area (Å²) in [7, 11) is 0. The molecule has 6 heteroatoms. The van der Waals surface area contributed by atoms with Crippen LogP contribution in [0.25, 0.3) is 0 Å². The van der Waals surface area contributed by atoms with Crippen molar-refractivity contribution in [3.63, 3.8) is 0 Å². The fourth-order valence-corrected chi connectivity index (χ4v) is 3.11. The molecule has 1 aromatic carbocycles. The van der Waals surface area contributed by atoms with Crippen LogP contribution in [0, 0.1) is 0 Å². The van der Waals surface area contributed by atoms with Gasteiger partial charge in [0.2, 0.25) is 0 Å². The third-order valence-corrected chi connectivity index (χ3v) is 4.30. The van der Waals surface area contributed by atoms with Crippen molar-refractivity contribution >= 4 is 11.9 Å². The summed E-state index contributed by atoms with van der Waals surface area (Å²) in [6, 6.07) is 7.38. The Morgan fingerprint density at radius 1 is 1.29 bits per heavy atom. The molecule has 1 unspecified atom stereocenters. The molecule has 0 spiro atoms. The van der Waals surface area contributed by atoms with Crippen LogP contribution in [0.3, 0.4) is 0 Å². The Morgan fingerprint density at radius 3 is 2.75 bits per heavy atom. The first kappa shape index (κ1) is 16.1. The molecule has 0 aliphatic carbocycles. The first-order valence-corrected chi connectivity index (χ1v) is 7.88. The second-order valence-corrected chi connectivity index (χ2v) is 6.25. The molecule has 0 bridgehead atoms. The highest BCUT2D eigenvalue weighted by Gasteiger charge is 2.33. The Hall–Kier alpha value is -2.76. The number of amides is 1. The lowest BCUT2D eigenvalue weighted by atomic mass is 9.89. The molecule has 1 aromatic heterocycles. The smallest absolute Gasteiger partial charge is 0.312 e. The maximum absolute atomic E-state index is 13.0. The van der Waals surface area contributed by atoms with Crippen LogP contribution < -0.4 is 0 Å². The third-order valence-electron chi connectivity index (χ3n) is 4.30. The molecular formula is C18H19N3O3. The molecule has 1 amide bonds. The summed E-state index contributed by atoms with van der Waals surface area (Å²) in [6.07, 6.45) is 2.94. The molecule has 0 radical (unpaired) electrons. The number of carbonyl (C=O) groups excluding carboxylic acids is 1. The second kappa shape index (κ2) is 6.39. The summed E-state index contributed by atoms with van der Waals surface area (Å²) < 4.78 is 0. The van der Waals surface area contributed by atoms with E-state index in [1.807, 2.05) is 38.1 Å². The number of carboxylic acids is 1. The highest BCUT2D eigenvalue weighted by Crippen LogP contribution is 2.30. The number of hydrogen-bond donors (Lipinski definition) is 1. The normalized spacial score (nSPS) is 16.8. The molecule has 0 fully saturated rings. The van der Waals surface area contributed by atoms with Gasteiger partial charge in [-0.3, -0.25) is 9.59 Å². The van der Waals surface area contributed by atoms with Crippen LogP contribution in [0.15, 0.2) is 36.8 Å². The average molecular weight is 325 g/mol. The van der Waals surface area contributed by atoms with Gasteiger partial charge in [0.25, 0.3) is 5.91 Å². The number of aliphatic carboxylic acids is 1. The predicted molar refractivity (Wildman–Crippen MR) is 87.7 cm³/mol. The third kappa shape index (κ3) is 2.87. The van der Waals surface area contributed by atoms with Crippen molar-refractivity contribution in [2.75, 3.05) is 6.54 Å². The van der Waals surface area contributed by atoms with Gasteiger partial charge in [-0.25, -0.2) is 9.97 Å². The predicted octanol–water partition coefficient (Wildman–Crippen LogP) is 2.42. The molecule has 2 heterocycles. The molecule has 1 atom stereocenters. The van der Waals surface area contributed by atoms with Gasteiger partial charge in [-0.1, -0.05) is 38.1 Å². The zero-order chi connectivity index (χ0) is 17.3. The molecule has 1 aliphatic rings. The minimum absolute atomic E-state index is 0.0827. The number of hydrogen-bond acceptors (Lipinski definition) is 4. The van der Waals surface area contributed by atoms with E-state index in [1.54, 1.807) is 4.90 Å². The second-order valence-electron chi connectivity index (χ2n) is 6.25. The number of rotatable bonds is 3. The van der Waals surface area contributed by atoms with Crippen molar-refractivity contribution in [2.45, 2.75) is 32.2 Å². The van der Waals surface area contributed by atoms with Crippen LogP contribution in [-0.4, -0.2) is 38.4 Å². The molecule has 2 aromatic rings. The molecule has 6 nitrogen and oxygen atoms in total. The van der Waals surface area contributed by atoms with Gasteiger partial charge in [0.1, 0.15) is 6.33 Å². The van der Waals surface area contributed by atoms with Gasteiger partial charge in [0.15, 0.2) is 0 Å². The van der Waals surface area contributed by atoms with Crippen molar-refractivity contribution in [1.82, 2.24) is 14.9 Å². The van der Waals surface area contributed by atoms with Gasteiger partial charge >= 0.3 is 5.97 Å². The Kier molecular flexibility index (Phi) is 4.29. The highest BCUT2D eigenvalue weighted by atomic mass is 16.4. The average Bonchev–Trinajstić information content (AvgIpc) is 2.59. The molecule has 124 valence electrons. The summed E-state index contributed by atoms with van der Waals surface area (Å²) in [4.78, 5) is 34.4. The van der Waals surface area contributed by atoms with Crippen LogP contribution in [0.5, 0.6) is 0 Å². The van der Waals surface area contributed by atoms with Crippen LogP contribution in [-0.2, 0) is 11.3 Å². The van der Waals surface area contributed by atoms with Crippen LogP contribution in [0.4, 0.5) is 0 Å². The summed E-state index contributed by atoms with van der Waals surface area (Å²) in [5, 5.41) is 9.54. The number of carbonyl (C=O) groups is 2. The topological polar surface area (TPSA) is 83.4 Å². The van der Waals surface area contributed by atoms with Gasteiger partial charge in [-0.15, -0.1) is 0 Å². The first-order chi connectivity index (χ1) is 11.5. The van der Waals surface area contributed by atoms with Crippen LogP contribution >= 0.6 is 0 Å². The minimum atomic E-state index is -0.923. The van der Waals surface area contributed by atoms with Crippen molar-refractivity contribution in [2.24, 2.45) is 0 Å². The van der Waals surface area contributed by atoms with E-state index in [4.69, 9.17) is 0 Å². The number of fused-ring (bicyclic) bond motifs is 1. The van der Waals surface area contributed by atoms with E-state index in [0.29, 0.717) is 17.8 Å². The number of aromatic nitrogens is 2. The molecular weight excluding hydrogens is 306 g/mol. The SMILES string of the molecule is CC(C)c1ncncc1C(=O)N1Cc2ccccc2C(C(=O)O)C1. The van der Waals surface area contributed by atoms with E-state index in [-0.39, 0.29) is 18.4 Å². The van der Waals surface area contributed by atoms with E-state index >= 15 is 0 Å². The minimum Gasteiger partial charge on any atom is -0.481 e. The molecule has 1 N–H and O–H groups in total. The number of nitrogens with zero attached hydrogens (tertiary/aromatic N) is 3. The number of carboxylic acid groups (broad SMARTS) is 1. The molecule has 1 aliphatic heterocycles. The lowest BCUT2D eigenvalue weighted by molar-refractivity contribution is -0.139. The zero-order valence-corrected chi connectivity index (χ0v) is 13.6. The standard InChI is InChI=1S/C18H19N3O3/c1-11(2)16-14(7-19-10-20-16)17(22)21-8-12-5-3-4-6-13(12)15(9-21)18(23)24/h3-7,10-11,15H,8-9H2,1-2H3,(H,23,24). The van der Waals surface area contributed by atoms with Gasteiger partial charge in [-0.2, -0.15) is 0 Å². The molecule has 0 saturated carbocycles. The highest BCUT2D eigenvalue weighted by molar-refractivity contribution is 5.96. The first-order valence-electron chi connectivity index (χ1n) is 7.88. The van der Waals surface area contributed by atoms with E-state index in [1.165, 1.54) is 12.5 Å². The molecule has 24 heavy (non-hydrogen) atoms. The van der Waals surface area contributed by atoms with E-state index < -0.39 is 11.9 Å². The van der Waals surface area contributed by atoms with Crippen molar-refractivity contribution in [3.8, 4) is 0 Å². The van der Waals surface area contributed by atoms with Gasteiger partial charge in [0.05, 0.1) is 17.2 Å². The summed E-state index contributed by atoms with van der Waals surface area (Å²) >= 11 is 0. The Labute approximate surface area is 140 Å². The quantitative estimate of drug-likeness (QED) is 0.937. The Bertz CT molecular complexity index is 789. The maximum atomic E-state index is 13.0. The monoisotopic (exact) mass is 325 g/mol. The van der Waals surface area contributed by atoms with E-state index in [0.717, 1.165) is 11.1 Å². The largest absolute Gasteiger partial charge is 0.481 e. The lowest BCUT2D eigenvalue weighted by Gasteiger charge is -2.33. The van der Waals surface area contributed by atoms with Crippen LogP contribution in [0.1, 0.15) is 52.9 Å². The molecule has 3 rings (SSSR count). The fraction of sp³-hybridized carbons (Fsp3) is 0.333. The zero-order valence-electron chi connectivity index (χ0n) is 13.6. The maximum Gasteiger partial charge on any atom is 0.312 e. The lowest BCUT2D eigenvalue weighted by Crippen LogP contribution is -2.41.